The van der Waals surface area contributed by atoms with Gasteiger partial charge in [0.25, 0.3) is 0 Å². The van der Waals surface area contributed by atoms with E-state index in [1.54, 1.807) is 0 Å². The van der Waals surface area contributed by atoms with Crippen LogP contribution in [0.5, 0.6) is 0 Å². The van der Waals surface area contributed by atoms with Crippen LogP contribution in [0.25, 0.3) is 21.9 Å². The van der Waals surface area contributed by atoms with E-state index >= 15 is 0 Å². The Labute approximate surface area is 186 Å². The van der Waals surface area contributed by atoms with Crippen molar-refractivity contribution in [2.24, 2.45) is 12.5 Å². The van der Waals surface area contributed by atoms with E-state index in [0.29, 0.717) is 14.5 Å². The number of nitrogens with zero attached hydrogens (tertiary/aromatic N) is 2. The minimum atomic E-state index is 0.284. The summed E-state index contributed by atoms with van der Waals surface area (Å²) in [4.78, 5) is 2.13. The second-order valence-corrected chi connectivity index (χ2v) is 11.5. The third kappa shape index (κ3) is 4.69. The fourth-order valence-electron chi connectivity index (χ4n) is 4.20. The summed E-state index contributed by atoms with van der Waals surface area (Å²) in [5.74, 6) is 0. The Bertz CT molecular complexity index is 1140. The van der Waals surface area contributed by atoms with Crippen LogP contribution in [0.4, 0.5) is 5.69 Å². The summed E-state index contributed by atoms with van der Waals surface area (Å²) in [5.41, 5.74) is 7.00. The number of hydrogen-bond acceptors (Lipinski definition) is 1. The Kier molecular flexibility index (Phi) is 5.86. The van der Waals surface area contributed by atoms with Crippen molar-refractivity contribution in [3.8, 4) is 0 Å². The zero-order valence-electron chi connectivity index (χ0n) is 18.6. The van der Waals surface area contributed by atoms with Gasteiger partial charge in [0.05, 0.1) is 0 Å². The molecule has 0 fully saturated rings. The van der Waals surface area contributed by atoms with E-state index in [2.05, 4.69) is 117 Å². The molecule has 0 bridgehead atoms. The Morgan fingerprint density at radius 3 is 2.40 bits per heavy atom. The van der Waals surface area contributed by atoms with E-state index in [-0.39, 0.29) is 5.41 Å². The molecule has 0 spiro atoms. The van der Waals surface area contributed by atoms with E-state index in [9.17, 15) is 0 Å². The third-order valence-electron chi connectivity index (χ3n) is 5.72. The van der Waals surface area contributed by atoms with Crippen molar-refractivity contribution in [1.29, 1.82) is 0 Å². The Morgan fingerprint density at radius 1 is 0.967 bits per heavy atom. The Morgan fingerprint density at radius 2 is 1.70 bits per heavy atom. The first-order valence-corrected chi connectivity index (χ1v) is 12.3. The van der Waals surface area contributed by atoms with Crippen LogP contribution in [0, 0.1) is 5.41 Å². The molecule has 0 unspecified atom stereocenters. The molecular weight excluding hydrogens is 431 g/mol. The van der Waals surface area contributed by atoms with Gasteiger partial charge in [0.2, 0.25) is 0 Å². The number of hydrogen-bond donors (Lipinski definition) is 0. The quantitative estimate of drug-likeness (QED) is 0.360. The molecule has 2 nitrogen and oxygen atoms in total. The van der Waals surface area contributed by atoms with E-state index in [1.807, 2.05) is 0 Å². The molecule has 1 heterocycles. The van der Waals surface area contributed by atoms with Crippen molar-refractivity contribution >= 4 is 42.1 Å². The fraction of sp³-hybridized carbons (Fsp3) is 0.296. The van der Waals surface area contributed by atoms with Crippen molar-refractivity contribution in [2.45, 2.75) is 26.7 Å². The summed E-state index contributed by atoms with van der Waals surface area (Å²) < 4.78 is 5.31. The summed E-state index contributed by atoms with van der Waals surface area (Å²) in [7, 11) is 6.36. The number of fused-ring (bicyclic) bond motifs is 1. The number of aryl methyl sites for hydroxylation is 1. The van der Waals surface area contributed by atoms with Crippen LogP contribution >= 0.6 is 0 Å². The van der Waals surface area contributed by atoms with Gasteiger partial charge in [-0.25, -0.2) is 0 Å². The molecule has 0 N–H and O–H groups in total. The van der Waals surface area contributed by atoms with Gasteiger partial charge in [-0.15, -0.1) is 0 Å². The summed E-state index contributed by atoms with van der Waals surface area (Å²) in [5, 5.41) is 0. The van der Waals surface area contributed by atoms with Crippen LogP contribution in [0.3, 0.4) is 0 Å². The van der Waals surface area contributed by atoms with Gasteiger partial charge in [0, 0.05) is 14.1 Å². The van der Waals surface area contributed by atoms with Gasteiger partial charge in [-0.3, -0.25) is 0 Å². The van der Waals surface area contributed by atoms with Crippen LogP contribution in [0.2, 0.25) is 0 Å². The molecule has 1 aliphatic rings. The van der Waals surface area contributed by atoms with Gasteiger partial charge >= 0.3 is 173 Å². The minimum absolute atomic E-state index is 0.284. The van der Waals surface area contributed by atoms with Crippen molar-refractivity contribution < 1.29 is 4.57 Å². The average Bonchev–Trinajstić information content (AvgIpc) is 3.01. The normalized spacial score (nSPS) is 17.6. The topological polar surface area (TPSA) is 7.12 Å². The molecule has 0 atom stereocenters. The van der Waals surface area contributed by atoms with E-state index in [4.69, 9.17) is 0 Å². The fourth-order valence-corrected chi connectivity index (χ4v) is 6.56. The van der Waals surface area contributed by atoms with E-state index in [1.165, 1.54) is 36.7 Å². The van der Waals surface area contributed by atoms with Crippen molar-refractivity contribution in [2.75, 3.05) is 19.0 Å². The molecule has 3 heteroatoms. The maximum atomic E-state index is 2.45. The van der Waals surface area contributed by atoms with Crippen molar-refractivity contribution in [3.05, 3.63) is 82.0 Å². The van der Waals surface area contributed by atoms with Gasteiger partial charge in [0.1, 0.15) is 0 Å². The van der Waals surface area contributed by atoms with Gasteiger partial charge < -0.3 is 0 Å². The Hall–Kier alpha value is -2.35. The SMILES string of the molecule is CN(C)c1ccc(C=CC2=CC(=Cc3[se]c4ccccc4[n+]3C)CC(C)(C)C2)cc1. The number of allylic oxidation sites excluding steroid dienone is 4. The molecule has 0 saturated carbocycles. The number of rotatable bonds is 4. The van der Waals surface area contributed by atoms with Crippen LogP contribution in [0.15, 0.2) is 71.8 Å². The number of aromatic nitrogens is 1. The zero-order chi connectivity index (χ0) is 21.3. The summed E-state index contributed by atoms with van der Waals surface area (Å²) in [6, 6.07) is 17.5. The number of para-hydroxylation sites is 1. The standard InChI is InChI=1S/C27H31N2Se/c1-27(2)18-21(11-10-20-12-14-23(15-13-20)28(3)4)16-22(19-27)17-26-29(5)24-8-6-7-9-25(24)30-26/h6-17H,18-19H2,1-5H3/q+1. The molecule has 2 aromatic carbocycles. The molecule has 1 aliphatic carbocycles. The molecule has 0 amide bonds. The average molecular weight is 463 g/mol. The first-order valence-electron chi connectivity index (χ1n) is 10.5. The number of benzene rings is 2. The first kappa shape index (κ1) is 20.9. The molecular formula is C27H31N2Se+. The number of anilines is 1. The predicted octanol–water partition coefficient (Wildman–Crippen LogP) is 5.63. The molecule has 0 saturated heterocycles. The molecule has 0 radical (unpaired) electrons. The van der Waals surface area contributed by atoms with E-state index in [0.717, 1.165) is 12.8 Å². The summed E-state index contributed by atoms with van der Waals surface area (Å²) >= 11 is 0.387. The molecule has 154 valence electrons. The molecule has 4 rings (SSSR count). The molecule has 0 aliphatic heterocycles. The van der Waals surface area contributed by atoms with Crippen LogP contribution in [0.1, 0.15) is 36.8 Å². The molecule has 30 heavy (non-hydrogen) atoms. The molecule has 3 aromatic rings. The Balaban J connectivity index is 1.63. The third-order valence-corrected chi connectivity index (χ3v) is 8.16. The van der Waals surface area contributed by atoms with Crippen LogP contribution in [-0.2, 0) is 7.05 Å². The van der Waals surface area contributed by atoms with Gasteiger partial charge in [0.15, 0.2) is 0 Å². The van der Waals surface area contributed by atoms with Crippen molar-refractivity contribution in [3.63, 3.8) is 0 Å². The van der Waals surface area contributed by atoms with E-state index < -0.39 is 0 Å². The first-order chi connectivity index (χ1) is 14.3. The van der Waals surface area contributed by atoms with Gasteiger partial charge in [-0.1, -0.05) is 0 Å². The maximum absolute atomic E-state index is 2.45. The summed E-state index contributed by atoms with van der Waals surface area (Å²) in [6.45, 7) is 4.77. The second kappa shape index (κ2) is 8.41. The second-order valence-electron chi connectivity index (χ2n) is 9.24. The van der Waals surface area contributed by atoms with Crippen LogP contribution < -0.4 is 9.47 Å². The van der Waals surface area contributed by atoms with Crippen molar-refractivity contribution in [1.82, 2.24) is 0 Å². The zero-order valence-corrected chi connectivity index (χ0v) is 20.4. The monoisotopic (exact) mass is 463 g/mol. The molecule has 1 aromatic heterocycles. The van der Waals surface area contributed by atoms with Gasteiger partial charge in [-0.05, 0) is 0 Å². The van der Waals surface area contributed by atoms with Crippen LogP contribution in [-0.4, -0.2) is 28.6 Å². The summed E-state index contributed by atoms with van der Waals surface area (Å²) in [6.07, 6.45) is 11.7. The van der Waals surface area contributed by atoms with Gasteiger partial charge in [-0.2, -0.15) is 0 Å². The predicted molar refractivity (Wildman–Crippen MR) is 131 cm³/mol.